The fourth-order valence-corrected chi connectivity index (χ4v) is 3.67. The average Bonchev–Trinajstić information content (AvgIpc) is 3.17. The van der Waals surface area contributed by atoms with Gasteiger partial charge >= 0.3 is 5.97 Å². The van der Waals surface area contributed by atoms with E-state index in [1.54, 1.807) is 13.8 Å². The molecule has 0 aliphatic heterocycles. The van der Waals surface area contributed by atoms with E-state index in [-0.39, 0.29) is 18.3 Å². The van der Waals surface area contributed by atoms with Crippen molar-refractivity contribution >= 4 is 34.6 Å². The topological polar surface area (TPSA) is 166 Å². The van der Waals surface area contributed by atoms with Gasteiger partial charge in [-0.25, -0.2) is 0 Å². The summed E-state index contributed by atoms with van der Waals surface area (Å²) in [5.74, 6) is -2.99. The second-order valence-corrected chi connectivity index (χ2v) is 9.20. The van der Waals surface area contributed by atoms with Gasteiger partial charge in [0.25, 0.3) is 0 Å². The third-order valence-corrected chi connectivity index (χ3v) is 5.45. The van der Waals surface area contributed by atoms with Crippen LogP contribution in [-0.4, -0.2) is 58.5 Å². The van der Waals surface area contributed by atoms with Gasteiger partial charge in [-0.05, 0) is 36.3 Å². The van der Waals surface area contributed by atoms with Crippen molar-refractivity contribution in [1.82, 2.24) is 20.9 Å². The molecule has 186 valence electrons. The Hall–Kier alpha value is -3.40. The standard InChI is InChI=1S/C24H35N5O5/c1-13(2)9-19(23(33)29-21(14(3)4)24(34)27-12-20(30)31)28-22(32)17(25)10-15-11-26-18-8-6-5-7-16(15)18/h5-8,11,13-14,17,19,21,26H,9-10,12,25H2,1-4H3,(H,27,34)(H,28,32)(H,29,33)(H,30,31). The number of amides is 3. The third kappa shape index (κ3) is 7.58. The highest BCUT2D eigenvalue weighted by Crippen LogP contribution is 2.19. The number of carboxylic acid groups (broad SMARTS) is 1. The van der Waals surface area contributed by atoms with Crippen LogP contribution in [0.1, 0.15) is 39.7 Å². The van der Waals surface area contributed by atoms with E-state index < -0.39 is 48.4 Å². The maximum absolute atomic E-state index is 13.0. The van der Waals surface area contributed by atoms with Gasteiger partial charge in [0.1, 0.15) is 18.6 Å². The Morgan fingerprint density at radius 2 is 1.68 bits per heavy atom. The number of rotatable bonds is 12. The number of fused-ring (bicyclic) bond motifs is 1. The molecule has 1 aromatic carbocycles. The van der Waals surface area contributed by atoms with Crippen molar-refractivity contribution in [3.8, 4) is 0 Å². The number of nitrogens with one attached hydrogen (secondary N) is 4. The molecule has 0 spiro atoms. The Balaban J connectivity index is 2.07. The zero-order valence-electron chi connectivity index (χ0n) is 20.1. The molecule has 0 bridgehead atoms. The summed E-state index contributed by atoms with van der Waals surface area (Å²) in [6.07, 6.45) is 2.45. The molecule has 3 unspecified atom stereocenters. The number of para-hydroxylation sites is 1. The van der Waals surface area contributed by atoms with Crippen LogP contribution in [0, 0.1) is 11.8 Å². The van der Waals surface area contributed by atoms with E-state index >= 15 is 0 Å². The minimum absolute atomic E-state index is 0.0826. The lowest BCUT2D eigenvalue weighted by molar-refractivity contribution is -0.139. The number of carbonyl (C=O) groups excluding carboxylic acids is 3. The zero-order chi connectivity index (χ0) is 25.4. The summed E-state index contributed by atoms with van der Waals surface area (Å²) in [6.45, 7) is 6.75. The van der Waals surface area contributed by atoms with Gasteiger partial charge in [-0.15, -0.1) is 0 Å². The smallest absolute Gasteiger partial charge is 0.322 e. The predicted molar refractivity (Wildman–Crippen MR) is 129 cm³/mol. The normalized spacial score (nSPS) is 14.0. The highest BCUT2D eigenvalue weighted by atomic mass is 16.4. The van der Waals surface area contributed by atoms with Crippen LogP contribution in [-0.2, 0) is 25.6 Å². The summed E-state index contributed by atoms with van der Waals surface area (Å²) in [4.78, 5) is 52.2. The van der Waals surface area contributed by atoms with Crippen molar-refractivity contribution in [1.29, 1.82) is 0 Å². The molecule has 2 rings (SSSR count). The molecule has 0 saturated heterocycles. The van der Waals surface area contributed by atoms with E-state index in [0.717, 1.165) is 16.5 Å². The van der Waals surface area contributed by atoms with Gasteiger partial charge in [0.15, 0.2) is 0 Å². The first-order chi connectivity index (χ1) is 16.0. The van der Waals surface area contributed by atoms with Crippen LogP contribution in [0.5, 0.6) is 0 Å². The molecule has 0 fully saturated rings. The van der Waals surface area contributed by atoms with Crippen molar-refractivity contribution in [3.63, 3.8) is 0 Å². The Morgan fingerprint density at radius 1 is 1.00 bits per heavy atom. The van der Waals surface area contributed by atoms with Crippen molar-refractivity contribution in [2.45, 2.75) is 58.7 Å². The molecular weight excluding hydrogens is 438 g/mol. The number of H-pyrrole nitrogens is 1. The van der Waals surface area contributed by atoms with E-state index in [0.29, 0.717) is 6.42 Å². The molecule has 10 nitrogen and oxygen atoms in total. The van der Waals surface area contributed by atoms with E-state index in [4.69, 9.17) is 10.8 Å². The lowest BCUT2D eigenvalue weighted by Crippen LogP contribution is -2.57. The molecular formula is C24H35N5O5. The lowest BCUT2D eigenvalue weighted by Gasteiger charge is -2.26. The number of aliphatic carboxylic acids is 1. The molecule has 1 heterocycles. The summed E-state index contributed by atoms with van der Waals surface area (Å²) in [6, 6.07) is 4.99. The molecule has 10 heteroatoms. The zero-order valence-corrected chi connectivity index (χ0v) is 20.1. The number of benzene rings is 1. The number of aromatic nitrogens is 1. The third-order valence-electron chi connectivity index (χ3n) is 5.45. The number of carboxylic acids is 1. The summed E-state index contributed by atoms with van der Waals surface area (Å²) in [5.41, 5.74) is 8.02. The molecule has 2 aromatic rings. The molecule has 0 saturated carbocycles. The van der Waals surface area contributed by atoms with Crippen LogP contribution in [0.4, 0.5) is 0 Å². The highest BCUT2D eigenvalue weighted by molar-refractivity contribution is 5.94. The van der Waals surface area contributed by atoms with E-state index in [2.05, 4.69) is 20.9 Å². The minimum atomic E-state index is -1.18. The molecule has 34 heavy (non-hydrogen) atoms. The molecule has 3 atom stereocenters. The largest absolute Gasteiger partial charge is 0.480 e. The first-order valence-corrected chi connectivity index (χ1v) is 11.4. The van der Waals surface area contributed by atoms with Gasteiger partial charge in [-0.1, -0.05) is 45.9 Å². The Kier molecular flexibility index (Phi) is 9.61. The first kappa shape index (κ1) is 26.8. The van der Waals surface area contributed by atoms with Crippen molar-refractivity contribution in [2.24, 2.45) is 17.6 Å². The Bertz CT molecular complexity index is 1020. The molecule has 3 amide bonds. The van der Waals surface area contributed by atoms with Gasteiger partial charge in [-0.2, -0.15) is 0 Å². The molecule has 0 aliphatic carbocycles. The van der Waals surface area contributed by atoms with E-state index in [1.807, 2.05) is 44.3 Å². The van der Waals surface area contributed by atoms with Gasteiger partial charge in [-0.3, -0.25) is 19.2 Å². The molecule has 7 N–H and O–H groups in total. The van der Waals surface area contributed by atoms with Crippen molar-refractivity contribution < 1.29 is 24.3 Å². The van der Waals surface area contributed by atoms with Crippen LogP contribution in [0.15, 0.2) is 30.5 Å². The van der Waals surface area contributed by atoms with Crippen LogP contribution < -0.4 is 21.7 Å². The summed E-state index contributed by atoms with van der Waals surface area (Å²) in [5, 5.41) is 17.4. The second kappa shape index (κ2) is 12.2. The minimum Gasteiger partial charge on any atom is -0.480 e. The van der Waals surface area contributed by atoms with Crippen LogP contribution in [0.2, 0.25) is 0 Å². The van der Waals surface area contributed by atoms with Gasteiger partial charge in [0.2, 0.25) is 17.7 Å². The van der Waals surface area contributed by atoms with Crippen LogP contribution in [0.25, 0.3) is 10.9 Å². The SMILES string of the molecule is CC(C)CC(NC(=O)C(N)Cc1c[nH]c2ccccc12)C(=O)NC(C(=O)NCC(=O)O)C(C)C. The molecule has 0 aliphatic rings. The predicted octanol–water partition coefficient (Wildman–Crippen LogP) is 0.910. The molecule has 1 aromatic heterocycles. The summed E-state index contributed by atoms with van der Waals surface area (Å²) < 4.78 is 0. The fourth-order valence-electron chi connectivity index (χ4n) is 3.67. The Labute approximate surface area is 199 Å². The number of hydrogen-bond acceptors (Lipinski definition) is 5. The Morgan fingerprint density at radius 3 is 2.29 bits per heavy atom. The lowest BCUT2D eigenvalue weighted by atomic mass is 9.99. The quantitative estimate of drug-likeness (QED) is 0.268. The molecule has 0 radical (unpaired) electrons. The fraction of sp³-hybridized carbons (Fsp3) is 0.500. The average molecular weight is 474 g/mol. The van der Waals surface area contributed by atoms with Gasteiger partial charge in [0.05, 0.1) is 6.04 Å². The van der Waals surface area contributed by atoms with Gasteiger partial charge in [0, 0.05) is 17.1 Å². The second-order valence-electron chi connectivity index (χ2n) is 9.20. The van der Waals surface area contributed by atoms with Crippen LogP contribution >= 0.6 is 0 Å². The summed E-state index contributed by atoms with van der Waals surface area (Å²) in [7, 11) is 0. The van der Waals surface area contributed by atoms with Crippen LogP contribution in [0.3, 0.4) is 0 Å². The van der Waals surface area contributed by atoms with E-state index in [1.165, 1.54) is 0 Å². The first-order valence-electron chi connectivity index (χ1n) is 11.4. The summed E-state index contributed by atoms with van der Waals surface area (Å²) >= 11 is 0. The van der Waals surface area contributed by atoms with Crippen molar-refractivity contribution in [3.05, 3.63) is 36.0 Å². The van der Waals surface area contributed by atoms with E-state index in [9.17, 15) is 19.2 Å². The number of nitrogens with two attached hydrogens (primary N) is 1. The number of aromatic amines is 1. The monoisotopic (exact) mass is 473 g/mol. The number of hydrogen-bond donors (Lipinski definition) is 6. The highest BCUT2D eigenvalue weighted by Gasteiger charge is 2.30. The van der Waals surface area contributed by atoms with Gasteiger partial charge < -0.3 is 31.8 Å². The maximum atomic E-state index is 13.0. The number of carbonyl (C=O) groups is 4. The van der Waals surface area contributed by atoms with Crippen molar-refractivity contribution in [2.75, 3.05) is 6.54 Å². The maximum Gasteiger partial charge on any atom is 0.322 e.